The summed E-state index contributed by atoms with van der Waals surface area (Å²) in [6, 6.07) is 23.7. The van der Waals surface area contributed by atoms with Gasteiger partial charge in [-0.05, 0) is 67.1 Å². The molecule has 224 valence electrons. The van der Waals surface area contributed by atoms with Crippen molar-refractivity contribution in [2.75, 3.05) is 31.1 Å². The van der Waals surface area contributed by atoms with Crippen molar-refractivity contribution in [3.05, 3.63) is 118 Å². The number of fused-ring (bicyclic) bond motifs is 1. The van der Waals surface area contributed by atoms with Crippen LogP contribution in [0.5, 0.6) is 0 Å². The summed E-state index contributed by atoms with van der Waals surface area (Å²) in [5.41, 5.74) is 4.53. The third-order valence-electron chi connectivity index (χ3n) is 7.86. The number of aryl methyl sites for hydroxylation is 2. The Kier molecular flexibility index (Phi) is 10.00. The van der Waals surface area contributed by atoms with Gasteiger partial charge in [0, 0.05) is 57.3 Å². The molecule has 4 aromatic rings. The Morgan fingerprint density at radius 1 is 0.884 bits per heavy atom. The van der Waals surface area contributed by atoms with Gasteiger partial charge in [0.1, 0.15) is 11.6 Å². The van der Waals surface area contributed by atoms with Gasteiger partial charge in [-0.15, -0.1) is 0 Å². The molecule has 1 aliphatic rings. The number of nitrogens with zero attached hydrogens (tertiary/aromatic N) is 4. The van der Waals surface area contributed by atoms with Crippen LogP contribution in [0.4, 0.5) is 10.1 Å². The molecular weight excluding hydrogens is 543 g/mol. The van der Waals surface area contributed by atoms with Gasteiger partial charge in [-0.3, -0.25) is 14.5 Å². The topological polar surface area (TPSA) is 69.9 Å². The Labute approximate surface area is 252 Å². The van der Waals surface area contributed by atoms with E-state index in [0.717, 1.165) is 62.1 Å². The molecule has 0 N–H and O–H groups in total. The predicted molar refractivity (Wildman–Crippen MR) is 165 cm³/mol. The van der Waals surface area contributed by atoms with Crippen LogP contribution < -0.4 is 4.90 Å². The third-order valence-corrected chi connectivity index (χ3v) is 7.86. The number of benzene rings is 3. The minimum absolute atomic E-state index is 0.193. The summed E-state index contributed by atoms with van der Waals surface area (Å²) >= 11 is 0. The molecule has 1 aliphatic heterocycles. The van der Waals surface area contributed by atoms with Crippen molar-refractivity contribution in [1.29, 1.82) is 0 Å². The first-order chi connectivity index (χ1) is 20.9. The maximum atomic E-state index is 14.0. The van der Waals surface area contributed by atoms with Crippen molar-refractivity contribution in [2.24, 2.45) is 0 Å². The van der Waals surface area contributed by atoms with Crippen LogP contribution in [0.3, 0.4) is 0 Å². The fourth-order valence-electron chi connectivity index (χ4n) is 5.74. The van der Waals surface area contributed by atoms with Gasteiger partial charge in [0.15, 0.2) is 5.69 Å². The van der Waals surface area contributed by atoms with Gasteiger partial charge in [0.2, 0.25) is 0 Å². The Balaban J connectivity index is 1.51. The quantitative estimate of drug-likeness (QED) is 0.254. The molecule has 0 aliphatic carbocycles. The molecule has 0 atom stereocenters. The minimum atomic E-state index is -0.387. The average molecular weight is 583 g/mol. The van der Waals surface area contributed by atoms with Gasteiger partial charge in [0.05, 0.1) is 5.69 Å². The number of carbonyl (C=O) groups excluding carboxylic acids is 2. The lowest BCUT2D eigenvalue weighted by Crippen LogP contribution is -2.39. The van der Waals surface area contributed by atoms with Crippen LogP contribution in [-0.4, -0.2) is 52.9 Å². The van der Waals surface area contributed by atoms with E-state index >= 15 is 0 Å². The number of anilines is 1. The van der Waals surface area contributed by atoms with Gasteiger partial charge >= 0.3 is 0 Å². The lowest BCUT2D eigenvalue weighted by atomic mass is 10.0. The smallest absolute Gasteiger partial charge is 0.276 e. The molecule has 0 fully saturated rings. The van der Waals surface area contributed by atoms with E-state index in [9.17, 15) is 14.0 Å². The van der Waals surface area contributed by atoms with E-state index in [2.05, 4.69) is 29.1 Å². The van der Waals surface area contributed by atoms with Gasteiger partial charge in [-0.1, -0.05) is 60.6 Å². The second-order valence-corrected chi connectivity index (χ2v) is 11.2. The molecule has 3 aromatic carbocycles. The van der Waals surface area contributed by atoms with Crippen molar-refractivity contribution in [3.63, 3.8) is 0 Å². The van der Waals surface area contributed by atoms with Crippen LogP contribution in [0.1, 0.15) is 69.5 Å². The van der Waals surface area contributed by atoms with E-state index in [4.69, 9.17) is 4.52 Å². The summed E-state index contributed by atoms with van der Waals surface area (Å²) < 4.78 is 19.2. The van der Waals surface area contributed by atoms with Gasteiger partial charge in [0.25, 0.3) is 11.8 Å². The monoisotopic (exact) mass is 582 g/mol. The molecule has 8 heteroatoms. The van der Waals surface area contributed by atoms with Crippen molar-refractivity contribution in [3.8, 4) is 0 Å². The summed E-state index contributed by atoms with van der Waals surface area (Å²) in [6.45, 7) is 7.72. The second-order valence-electron chi connectivity index (χ2n) is 11.2. The van der Waals surface area contributed by atoms with E-state index in [-0.39, 0.29) is 17.6 Å². The van der Waals surface area contributed by atoms with Crippen LogP contribution >= 0.6 is 0 Å². The van der Waals surface area contributed by atoms with Crippen molar-refractivity contribution >= 4 is 17.5 Å². The van der Waals surface area contributed by atoms with Crippen molar-refractivity contribution in [2.45, 2.75) is 52.6 Å². The summed E-state index contributed by atoms with van der Waals surface area (Å²) in [4.78, 5) is 33.8. The Hall–Kier alpha value is -4.30. The van der Waals surface area contributed by atoms with E-state index in [0.29, 0.717) is 36.7 Å². The highest BCUT2D eigenvalue weighted by atomic mass is 19.1. The van der Waals surface area contributed by atoms with E-state index in [1.807, 2.05) is 48.2 Å². The number of hydrogen-bond donors (Lipinski definition) is 0. The van der Waals surface area contributed by atoms with Gasteiger partial charge in [-0.25, -0.2) is 4.39 Å². The zero-order chi connectivity index (χ0) is 30.2. The van der Waals surface area contributed by atoms with Crippen LogP contribution in [-0.2, 0) is 19.5 Å². The standard InChI is InChI=1S/C35H39FN4O3/c1-3-10-31-23-32(37-43-31)35(42)39-21-8-19-38(24-27-12-5-4-6-13-27)20-9-22-40(33-26(2)11-7-14-29(33)25-39)34(41)28-15-17-30(36)18-16-28/h4-7,11-18,23H,3,8-10,19-22,24-25H2,1-2H3. The number of amides is 2. The van der Waals surface area contributed by atoms with E-state index < -0.39 is 0 Å². The molecule has 0 saturated heterocycles. The molecule has 1 aromatic heterocycles. The normalized spacial score (nSPS) is 15.0. The van der Waals surface area contributed by atoms with Crippen LogP contribution in [0.2, 0.25) is 0 Å². The first-order valence-electron chi connectivity index (χ1n) is 15.1. The lowest BCUT2D eigenvalue weighted by molar-refractivity contribution is 0.0723. The average Bonchev–Trinajstić information content (AvgIpc) is 3.48. The van der Waals surface area contributed by atoms with E-state index in [1.54, 1.807) is 11.0 Å². The zero-order valence-electron chi connectivity index (χ0n) is 25.0. The molecular formula is C35H39FN4O3. The molecule has 0 bridgehead atoms. The highest BCUT2D eigenvalue weighted by molar-refractivity contribution is 6.07. The molecule has 43 heavy (non-hydrogen) atoms. The van der Waals surface area contributed by atoms with Gasteiger partial charge in [-0.2, -0.15) is 0 Å². The molecule has 0 saturated carbocycles. The zero-order valence-corrected chi connectivity index (χ0v) is 25.0. The van der Waals surface area contributed by atoms with Crippen molar-refractivity contribution in [1.82, 2.24) is 15.0 Å². The fourth-order valence-corrected chi connectivity index (χ4v) is 5.74. The molecule has 0 spiro atoms. The Morgan fingerprint density at radius 2 is 1.63 bits per heavy atom. The number of para-hydroxylation sites is 1. The van der Waals surface area contributed by atoms with E-state index in [1.165, 1.54) is 29.8 Å². The number of rotatable bonds is 6. The largest absolute Gasteiger partial charge is 0.361 e. The molecule has 2 amide bonds. The third kappa shape index (κ3) is 7.56. The maximum Gasteiger partial charge on any atom is 0.276 e. The summed E-state index contributed by atoms with van der Waals surface area (Å²) in [6.07, 6.45) is 3.17. The first-order valence-corrected chi connectivity index (χ1v) is 15.1. The molecule has 5 rings (SSSR count). The summed E-state index contributed by atoms with van der Waals surface area (Å²) in [5.74, 6) is -0.0773. The number of carbonyl (C=O) groups is 2. The highest BCUT2D eigenvalue weighted by Crippen LogP contribution is 2.30. The number of hydrogen-bond acceptors (Lipinski definition) is 5. The molecule has 0 radical (unpaired) electrons. The predicted octanol–water partition coefficient (Wildman–Crippen LogP) is 6.66. The molecule has 7 nitrogen and oxygen atoms in total. The first kappa shape index (κ1) is 30.2. The molecule has 0 unspecified atom stereocenters. The highest BCUT2D eigenvalue weighted by Gasteiger charge is 2.27. The van der Waals surface area contributed by atoms with Crippen LogP contribution in [0.25, 0.3) is 0 Å². The van der Waals surface area contributed by atoms with Gasteiger partial charge < -0.3 is 14.3 Å². The van der Waals surface area contributed by atoms with Crippen LogP contribution in [0.15, 0.2) is 83.4 Å². The Bertz CT molecular complexity index is 1520. The second kappa shape index (κ2) is 14.2. The van der Waals surface area contributed by atoms with Crippen molar-refractivity contribution < 1.29 is 18.5 Å². The maximum absolute atomic E-state index is 14.0. The lowest BCUT2D eigenvalue weighted by Gasteiger charge is -2.32. The molecule has 2 heterocycles. The SMILES string of the molecule is CCCc1cc(C(=O)N2CCCN(Cc3ccccc3)CCCN(C(=O)c3ccc(F)cc3)c3c(C)cccc3C2)no1. The summed E-state index contributed by atoms with van der Waals surface area (Å²) in [7, 11) is 0. The summed E-state index contributed by atoms with van der Waals surface area (Å²) in [5, 5.41) is 4.10. The number of halogens is 1. The Morgan fingerprint density at radius 3 is 2.37 bits per heavy atom. The fraction of sp³-hybridized carbons (Fsp3) is 0.343. The number of aromatic nitrogens is 1. The van der Waals surface area contributed by atoms with Crippen LogP contribution in [0, 0.1) is 12.7 Å². The minimum Gasteiger partial charge on any atom is -0.361 e.